The van der Waals surface area contributed by atoms with Gasteiger partial charge in [0.2, 0.25) is 11.5 Å². The third-order valence-electron chi connectivity index (χ3n) is 5.74. The fraction of sp³-hybridized carbons (Fsp3) is 0.375. The quantitative estimate of drug-likeness (QED) is 0.549. The van der Waals surface area contributed by atoms with Crippen LogP contribution in [0.25, 0.3) is 0 Å². The number of ketones is 1. The summed E-state index contributed by atoms with van der Waals surface area (Å²) in [6.45, 7) is 4.28. The monoisotopic (exact) mass is 446 g/mol. The smallest absolute Gasteiger partial charge is 0.207 e. The number of carbonyl (C=O) groups is 1. The number of Topliss-reactive ketones (excluding diaryl/α,β-unsaturated/α-hetero) is 1. The van der Waals surface area contributed by atoms with Crippen molar-refractivity contribution in [3.8, 4) is 5.75 Å². The van der Waals surface area contributed by atoms with Crippen LogP contribution in [0.5, 0.6) is 5.75 Å². The Labute approximate surface area is 186 Å². The predicted molar refractivity (Wildman–Crippen MR) is 117 cm³/mol. The summed E-state index contributed by atoms with van der Waals surface area (Å²) in [5.74, 6) is 0.612. The number of hydrogen-bond acceptors (Lipinski definition) is 4. The molecule has 4 nitrogen and oxygen atoms in total. The maximum absolute atomic E-state index is 13.0. The van der Waals surface area contributed by atoms with Gasteiger partial charge in [0.15, 0.2) is 0 Å². The fourth-order valence-corrected chi connectivity index (χ4v) is 4.37. The summed E-state index contributed by atoms with van der Waals surface area (Å²) < 4.78 is 17.8. The van der Waals surface area contributed by atoms with Crippen LogP contribution in [0.1, 0.15) is 36.0 Å². The van der Waals surface area contributed by atoms with Crippen LogP contribution < -0.4 is 4.74 Å². The summed E-state index contributed by atoms with van der Waals surface area (Å²) in [5, 5.41) is 1.41. The number of rotatable bonds is 5. The molecule has 6 heteroatoms. The highest BCUT2D eigenvalue weighted by atomic mass is 35.5. The minimum absolute atomic E-state index is 0.0129. The Bertz CT molecular complexity index is 962. The van der Waals surface area contributed by atoms with Crippen molar-refractivity contribution in [3.63, 3.8) is 0 Å². The molecule has 3 atom stereocenters. The van der Waals surface area contributed by atoms with E-state index in [1.54, 1.807) is 0 Å². The van der Waals surface area contributed by atoms with E-state index in [4.69, 9.17) is 37.4 Å². The van der Waals surface area contributed by atoms with Gasteiger partial charge in [-0.15, -0.1) is 0 Å². The molecular formula is C24H24Cl2O4. The van der Waals surface area contributed by atoms with Gasteiger partial charge >= 0.3 is 0 Å². The van der Waals surface area contributed by atoms with Crippen LogP contribution in [0.15, 0.2) is 48.4 Å². The third kappa shape index (κ3) is 4.51. The van der Waals surface area contributed by atoms with Crippen molar-refractivity contribution in [2.75, 3.05) is 0 Å². The highest BCUT2D eigenvalue weighted by Gasteiger charge is 2.41. The van der Waals surface area contributed by atoms with Gasteiger partial charge in [0.1, 0.15) is 18.1 Å². The van der Waals surface area contributed by atoms with Gasteiger partial charge in [-0.3, -0.25) is 4.79 Å². The summed E-state index contributed by atoms with van der Waals surface area (Å²) in [4.78, 5) is 13.0. The van der Waals surface area contributed by atoms with Crippen molar-refractivity contribution in [1.82, 2.24) is 0 Å². The number of fused-ring (bicyclic) bond motifs is 1. The lowest BCUT2D eigenvalue weighted by molar-refractivity contribution is -0.134. The van der Waals surface area contributed by atoms with Crippen LogP contribution in [-0.2, 0) is 20.9 Å². The van der Waals surface area contributed by atoms with Gasteiger partial charge in [-0.05, 0) is 61.6 Å². The molecule has 1 heterocycles. The Kier molecular flexibility index (Phi) is 6.37. The van der Waals surface area contributed by atoms with Gasteiger partial charge in [0.05, 0.1) is 18.6 Å². The average Bonchev–Trinajstić information content (AvgIpc) is 2.73. The normalized spacial score (nSPS) is 23.4. The van der Waals surface area contributed by atoms with Crippen LogP contribution >= 0.6 is 23.2 Å². The second kappa shape index (κ2) is 9.01. The first kappa shape index (κ1) is 21.2. The van der Waals surface area contributed by atoms with E-state index in [0.717, 1.165) is 23.1 Å². The number of hydrogen-bond donors (Lipinski definition) is 0. The molecular weight excluding hydrogens is 423 g/mol. The minimum Gasteiger partial charge on any atom is -0.493 e. The van der Waals surface area contributed by atoms with Gasteiger partial charge in [0.25, 0.3) is 0 Å². The molecule has 1 aliphatic heterocycles. The van der Waals surface area contributed by atoms with Crippen molar-refractivity contribution in [2.24, 2.45) is 5.92 Å². The molecule has 0 bridgehead atoms. The number of halogens is 2. The number of aryl methyl sites for hydroxylation is 2. The molecule has 0 saturated heterocycles. The van der Waals surface area contributed by atoms with Gasteiger partial charge in [-0.2, -0.15) is 0 Å². The van der Waals surface area contributed by atoms with E-state index in [1.807, 2.05) is 50.2 Å². The Morgan fingerprint density at radius 3 is 2.57 bits per heavy atom. The zero-order valence-electron chi connectivity index (χ0n) is 17.0. The maximum Gasteiger partial charge on any atom is 0.207 e. The first-order valence-corrected chi connectivity index (χ1v) is 10.9. The molecule has 0 radical (unpaired) electrons. The molecule has 30 heavy (non-hydrogen) atoms. The summed E-state index contributed by atoms with van der Waals surface area (Å²) in [7, 11) is 0. The second-order valence-corrected chi connectivity index (χ2v) is 8.72. The maximum atomic E-state index is 13.0. The fourth-order valence-electron chi connectivity index (χ4n) is 4.07. The van der Waals surface area contributed by atoms with Crippen LogP contribution in [0.3, 0.4) is 0 Å². The van der Waals surface area contributed by atoms with Crippen molar-refractivity contribution in [1.29, 1.82) is 0 Å². The number of benzene rings is 2. The second-order valence-electron chi connectivity index (χ2n) is 7.94. The van der Waals surface area contributed by atoms with Crippen molar-refractivity contribution in [2.45, 2.75) is 51.9 Å². The Balaban J connectivity index is 1.38. The predicted octanol–water partition coefficient (Wildman–Crippen LogP) is 6.18. The zero-order chi connectivity index (χ0) is 21.3. The lowest BCUT2D eigenvalue weighted by atomic mass is 9.80. The van der Waals surface area contributed by atoms with E-state index >= 15 is 0 Å². The Hall–Kier alpha value is -2.01. The van der Waals surface area contributed by atoms with E-state index < -0.39 is 0 Å². The van der Waals surface area contributed by atoms with Crippen molar-refractivity contribution >= 4 is 29.0 Å². The van der Waals surface area contributed by atoms with Gasteiger partial charge in [0, 0.05) is 16.5 Å². The standard InChI is InChI=1S/C24H24Cl2O4/c1-14-9-18(10-15(2)23(14)26)30-22-13-29-21-11-17(7-8-19(21)24(22)27)28-12-16-5-3-4-6-20(16)25/h3-6,9-10,13,17,19,21H,7-8,11-12H2,1-2H3. The van der Waals surface area contributed by atoms with E-state index in [1.165, 1.54) is 6.26 Å². The molecule has 1 fully saturated rings. The van der Waals surface area contributed by atoms with E-state index in [0.29, 0.717) is 35.2 Å². The summed E-state index contributed by atoms with van der Waals surface area (Å²) in [6.07, 6.45) is 3.46. The van der Waals surface area contributed by atoms with Crippen molar-refractivity contribution < 1.29 is 19.0 Å². The summed E-state index contributed by atoms with van der Waals surface area (Å²) >= 11 is 12.4. The summed E-state index contributed by atoms with van der Waals surface area (Å²) in [6, 6.07) is 11.3. The zero-order valence-corrected chi connectivity index (χ0v) is 18.5. The molecule has 4 rings (SSSR count). The molecule has 1 aliphatic carbocycles. The molecule has 0 amide bonds. The first-order chi connectivity index (χ1) is 14.4. The molecule has 0 aromatic heterocycles. The van der Waals surface area contributed by atoms with Crippen molar-refractivity contribution in [3.05, 3.63) is 75.2 Å². The molecule has 1 saturated carbocycles. The SMILES string of the molecule is Cc1cc(OC2=COC3CC(OCc4ccccc4Cl)CCC3C2=O)cc(C)c1Cl. The summed E-state index contributed by atoms with van der Waals surface area (Å²) in [5.41, 5.74) is 2.78. The number of allylic oxidation sites excluding steroid dienone is 1. The minimum atomic E-state index is -0.209. The molecule has 0 N–H and O–H groups in total. The van der Waals surface area contributed by atoms with Gasteiger partial charge in [-0.25, -0.2) is 0 Å². The molecule has 2 aromatic rings. The molecule has 2 aromatic carbocycles. The largest absolute Gasteiger partial charge is 0.493 e. The van der Waals surface area contributed by atoms with Crippen LogP contribution in [0, 0.1) is 19.8 Å². The van der Waals surface area contributed by atoms with E-state index in [2.05, 4.69) is 0 Å². The van der Waals surface area contributed by atoms with Gasteiger partial charge in [-0.1, -0.05) is 41.4 Å². The lowest BCUT2D eigenvalue weighted by Gasteiger charge is -2.37. The highest BCUT2D eigenvalue weighted by molar-refractivity contribution is 6.32. The van der Waals surface area contributed by atoms with E-state index in [-0.39, 0.29) is 29.7 Å². The third-order valence-corrected chi connectivity index (χ3v) is 6.71. The highest BCUT2D eigenvalue weighted by Crippen LogP contribution is 2.36. The molecule has 158 valence electrons. The molecule has 0 spiro atoms. The number of carbonyl (C=O) groups excluding carboxylic acids is 1. The van der Waals surface area contributed by atoms with Crippen LogP contribution in [-0.4, -0.2) is 18.0 Å². The van der Waals surface area contributed by atoms with E-state index in [9.17, 15) is 4.79 Å². The molecule has 3 unspecified atom stereocenters. The van der Waals surface area contributed by atoms with Gasteiger partial charge < -0.3 is 14.2 Å². The lowest BCUT2D eigenvalue weighted by Crippen LogP contribution is -2.42. The topological polar surface area (TPSA) is 44.8 Å². The molecule has 2 aliphatic rings. The van der Waals surface area contributed by atoms with Crippen LogP contribution in [0.4, 0.5) is 0 Å². The number of ether oxygens (including phenoxy) is 3. The average molecular weight is 447 g/mol. The Morgan fingerprint density at radius 2 is 1.83 bits per heavy atom. The first-order valence-electron chi connectivity index (χ1n) is 10.1. The Morgan fingerprint density at radius 1 is 1.10 bits per heavy atom. The van der Waals surface area contributed by atoms with Crippen LogP contribution in [0.2, 0.25) is 10.0 Å².